The van der Waals surface area contributed by atoms with Gasteiger partial charge in [0.2, 0.25) is 0 Å². The second-order valence-corrected chi connectivity index (χ2v) is 9.19. The number of hydrogen-bond donors (Lipinski definition) is 0. The van der Waals surface area contributed by atoms with Crippen molar-refractivity contribution >= 4 is 35.5 Å². The van der Waals surface area contributed by atoms with Crippen molar-refractivity contribution in [2.45, 2.75) is 24.9 Å². The zero-order valence-corrected chi connectivity index (χ0v) is 19.9. The molecule has 176 valence electrons. The fraction of sp³-hybridized carbons (Fsp3) is 0.346. The standard InChI is InChI=1S/C26H28ClN5O2/c1-30-24-17-22(8-9-23(24)29-26(30)34-15-14-31-11-2-3-12-31)32-13-10-19(16-25(32)33)4-6-21-7-5-20(27)18-28-21/h4-10,13,16-18,23-24H,2-3,11-12,14-15H2,1H3. The molecule has 2 aromatic rings. The highest BCUT2D eigenvalue weighted by Gasteiger charge is 2.34. The summed E-state index contributed by atoms with van der Waals surface area (Å²) in [5.41, 5.74) is 2.33. The normalized spacial score (nSPS) is 22.2. The zero-order valence-electron chi connectivity index (χ0n) is 19.2. The Hall–Kier alpha value is -3.16. The van der Waals surface area contributed by atoms with Gasteiger partial charge in [-0.3, -0.25) is 19.2 Å². The molecule has 0 N–H and O–H groups in total. The molecule has 34 heavy (non-hydrogen) atoms. The first-order chi connectivity index (χ1) is 16.6. The first-order valence-electron chi connectivity index (χ1n) is 11.7. The van der Waals surface area contributed by atoms with E-state index in [0.29, 0.717) is 17.7 Å². The van der Waals surface area contributed by atoms with Gasteiger partial charge in [0.1, 0.15) is 6.61 Å². The van der Waals surface area contributed by atoms with Crippen LogP contribution in [0, 0.1) is 0 Å². The molecule has 4 heterocycles. The fourth-order valence-electron chi connectivity index (χ4n) is 4.50. The van der Waals surface area contributed by atoms with Crippen molar-refractivity contribution in [3.63, 3.8) is 0 Å². The van der Waals surface area contributed by atoms with Crippen LogP contribution in [-0.2, 0) is 4.74 Å². The number of nitrogens with zero attached hydrogens (tertiary/aromatic N) is 5. The van der Waals surface area contributed by atoms with Crippen LogP contribution < -0.4 is 5.56 Å². The van der Waals surface area contributed by atoms with Crippen molar-refractivity contribution in [2.75, 3.05) is 33.3 Å². The Labute approximate surface area is 204 Å². The van der Waals surface area contributed by atoms with Crippen molar-refractivity contribution in [1.29, 1.82) is 0 Å². The molecule has 0 radical (unpaired) electrons. The highest BCUT2D eigenvalue weighted by atomic mass is 35.5. The molecule has 1 saturated heterocycles. The molecule has 0 amide bonds. The van der Waals surface area contributed by atoms with E-state index in [0.717, 1.165) is 36.6 Å². The van der Waals surface area contributed by atoms with Gasteiger partial charge >= 0.3 is 0 Å². The summed E-state index contributed by atoms with van der Waals surface area (Å²) in [6, 6.07) is 7.85. The monoisotopic (exact) mass is 477 g/mol. The molecule has 5 rings (SSSR count). The summed E-state index contributed by atoms with van der Waals surface area (Å²) in [5, 5.41) is 0.592. The summed E-state index contributed by atoms with van der Waals surface area (Å²) in [5.74, 6) is 0. The van der Waals surface area contributed by atoms with Crippen molar-refractivity contribution in [3.05, 3.63) is 81.5 Å². The maximum absolute atomic E-state index is 12.9. The molecule has 7 nitrogen and oxygen atoms in total. The van der Waals surface area contributed by atoms with E-state index < -0.39 is 0 Å². The molecular weight excluding hydrogens is 450 g/mol. The molecule has 1 fully saturated rings. The number of rotatable bonds is 6. The lowest BCUT2D eigenvalue weighted by Crippen LogP contribution is -2.38. The van der Waals surface area contributed by atoms with Crippen LogP contribution in [0.1, 0.15) is 24.1 Å². The largest absolute Gasteiger partial charge is 0.464 e. The van der Waals surface area contributed by atoms with E-state index in [1.54, 1.807) is 29.1 Å². The van der Waals surface area contributed by atoms with E-state index in [2.05, 4.69) is 20.9 Å². The van der Waals surface area contributed by atoms with Gasteiger partial charge in [0.05, 0.1) is 22.8 Å². The predicted octanol–water partition coefficient (Wildman–Crippen LogP) is 3.63. The number of fused-ring (bicyclic) bond motifs is 1. The van der Waals surface area contributed by atoms with Crippen molar-refractivity contribution < 1.29 is 4.74 Å². The van der Waals surface area contributed by atoms with Gasteiger partial charge in [-0.25, -0.2) is 4.99 Å². The predicted molar refractivity (Wildman–Crippen MR) is 137 cm³/mol. The molecular formula is C26H28ClN5O2. The molecule has 0 spiro atoms. The Bertz CT molecular complexity index is 1210. The molecule has 2 aliphatic heterocycles. The lowest BCUT2D eigenvalue weighted by atomic mass is 10.0. The number of likely N-dealkylation sites (N-methyl/N-ethyl adjacent to an activating group) is 1. The Kier molecular flexibility index (Phi) is 6.65. The Balaban J connectivity index is 1.24. The van der Waals surface area contributed by atoms with Crippen LogP contribution in [0.4, 0.5) is 0 Å². The minimum atomic E-state index is -0.0933. The Morgan fingerprint density at radius 1 is 1.21 bits per heavy atom. The van der Waals surface area contributed by atoms with Crippen LogP contribution in [0.2, 0.25) is 5.02 Å². The highest BCUT2D eigenvalue weighted by molar-refractivity contribution is 6.30. The number of amidine groups is 1. The minimum Gasteiger partial charge on any atom is -0.464 e. The number of allylic oxidation sites excluding steroid dienone is 2. The SMILES string of the molecule is CN1C(OCCN2CCCC2)=NC2C=CC(n3ccc(C=Cc4ccc(Cl)cn4)cc3=O)=CC21. The number of likely N-dealkylation sites (tertiary alicyclic amines) is 1. The Morgan fingerprint density at radius 2 is 2.06 bits per heavy atom. The first-order valence-corrected chi connectivity index (χ1v) is 12.0. The second kappa shape index (κ2) is 9.99. The number of aliphatic imine (C=N–C) groups is 1. The average molecular weight is 478 g/mol. The van der Waals surface area contributed by atoms with Crippen molar-refractivity contribution in [1.82, 2.24) is 19.4 Å². The van der Waals surface area contributed by atoms with Crippen LogP contribution in [-0.4, -0.2) is 70.7 Å². The van der Waals surface area contributed by atoms with E-state index in [1.165, 1.54) is 12.8 Å². The van der Waals surface area contributed by atoms with E-state index in [9.17, 15) is 4.79 Å². The van der Waals surface area contributed by atoms with Gasteiger partial charge in [-0.05, 0) is 67.9 Å². The molecule has 2 aromatic heterocycles. The first kappa shape index (κ1) is 22.6. The van der Waals surface area contributed by atoms with Gasteiger partial charge in [0.15, 0.2) is 0 Å². The molecule has 0 bridgehead atoms. The topological polar surface area (TPSA) is 63.0 Å². The highest BCUT2D eigenvalue weighted by Crippen LogP contribution is 2.26. The third kappa shape index (κ3) is 5.00. The van der Waals surface area contributed by atoms with E-state index >= 15 is 0 Å². The molecule has 1 aliphatic carbocycles. The summed E-state index contributed by atoms with van der Waals surface area (Å²) >= 11 is 5.88. The van der Waals surface area contributed by atoms with Gasteiger partial charge in [-0.2, -0.15) is 0 Å². The van der Waals surface area contributed by atoms with Crippen LogP contribution in [0.15, 0.2) is 64.7 Å². The third-order valence-corrected chi connectivity index (χ3v) is 6.64. The van der Waals surface area contributed by atoms with E-state index in [-0.39, 0.29) is 17.6 Å². The smallest absolute Gasteiger partial charge is 0.288 e. The molecule has 2 atom stereocenters. The minimum absolute atomic E-state index is 0.000297. The molecule has 3 aliphatic rings. The molecule has 2 unspecified atom stereocenters. The average Bonchev–Trinajstić information content (AvgIpc) is 3.47. The van der Waals surface area contributed by atoms with Crippen molar-refractivity contribution in [2.24, 2.45) is 4.99 Å². The second-order valence-electron chi connectivity index (χ2n) is 8.75. The van der Waals surface area contributed by atoms with Gasteiger partial charge in [0.25, 0.3) is 11.6 Å². The number of ether oxygens (including phenoxy) is 1. The summed E-state index contributed by atoms with van der Waals surface area (Å²) in [6.07, 6.45) is 15.8. The molecule has 0 aromatic carbocycles. The van der Waals surface area contributed by atoms with Crippen molar-refractivity contribution in [3.8, 4) is 0 Å². The zero-order chi connectivity index (χ0) is 23.5. The quantitative estimate of drug-likeness (QED) is 0.635. The van der Waals surface area contributed by atoms with Gasteiger partial charge in [-0.1, -0.05) is 23.8 Å². The molecule has 0 saturated carbocycles. The number of pyridine rings is 2. The van der Waals surface area contributed by atoms with E-state index in [1.807, 2.05) is 43.5 Å². The molecule has 8 heteroatoms. The summed E-state index contributed by atoms with van der Waals surface area (Å²) in [4.78, 5) is 26.3. The van der Waals surface area contributed by atoms with E-state index in [4.69, 9.17) is 21.3 Å². The van der Waals surface area contributed by atoms with Crippen LogP contribution in [0.5, 0.6) is 0 Å². The summed E-state index contributed by atoms with van der Waals surface area (Å²) in [7, 11) is 1.99. The maximum Gasteiger partial charge on any atom is 0.288 e. The van der Waals surface area contributed by atoms with Crippen LogP contribution in [0.25, 0.3) is 17.8 Å². The van der Waals surface area contributed by atoms with Crippen LogP contribution in [0.3, 0.4) is 0 Å². The van der Waals surface area contributed by atoms with Gasteiger partial charge in [-0.15, -0.1) is 0 Å². The number of hydrogen-bond acceptors (Lipinski definition) is 6. The van der Waals surface area contributed by atoms with Gasteiger partial charge < -0.3 is 9.64 Å². The summed E-state index contributed by atoms with van der Waals surface area (Å²) in [6.45, 7) is 3.90. The Morgan fingerprint density at radius 3 is 2.82 bits per heavy atom. The third-order valence-electron chi connectivity index (χ3n) is 6.42. The van der Waals surface area contributed by atoms with Gasteiger partial charge in [0, 0.05) is 37.7 Å². The fourth-order valence-corrected chi connectivity index (χ4v) is 4.61. The maximum atomic E-state index is 12.9. The lowest BCUT2D eigenvalue weighted by molar-refractivity contribution is 0.202. The number of aromatic nitrogens is 2. The lowest BCUT2D eigenvalue weighted by Gasteiger charge is -2.26. The number of halogens is 1. The van der Waals surface area contributed by atoms with Crippen LogP contribution >= 0.6 is 11.6 Å². The summed E-state index contributed by atoms with van der Waals surface area (Å²) < 4.78 is 7.66.